The van der Waals surface area contributed by atoms with Crippen molar-refractivity contribution in [3.8, 4) is 0 Å². The first kappa shape index (κ1) is 17.0. The Balaban J connectivity index is 1.37. The highest BCUT2D eigenvalue weighted by Gasteiger charge is 2.67. The summed E-state index contributed by atoms with van der Waals surface area (Å²) in [5, 5.41) is 6.67. The van der Waals surface area contributed by atoms with E-state index < -0.39 is 0 Å². The minimum Gasteiger partial charge on any atom is -0.340 e. The summed E-state index contributed by atoms with van der Waals surface area (Å²) in [6, 6.07) is 8.12. The van der Waals surface area contributed by atoms with Crippen LogP contribution in [0.2, 0.25) is 0 Å². The van der Waals surface area contributed by atoms with E-state index in [9.17, 15) is 9.59 Å². The molecule has 5 heteroatoms. The summed E-state index contributed by atoms with van der Waals surface area (Å²) >= 11 is 0. The fraction of sp³-hybridized carbons (Fsp3) is 0.375. The van der Waals surface area contributed by atoms with Crippen molar-refractivity contribution in [3.05, 3.63) is 60.3 Å². The summed E-state index contributed by atoms with van der Waals surface area (Å²) in [6.07, 6.45) is 9.10. The van der Waals surface area contributed by atoms with Crippen LogP contribution in [0.15, 0.2) is 54.2 Å². The third-order valence-electron chi connectivity index (χ3n) is 7.53. The quantitative estimate of drug-likeness (QED) is 0.459. The van der Waals surface area contributed by atoms with E-state index in [-0.39, 0.29) is 35.5 Å². The molecule has 2 aromatic rings. The van der Waals surface area contributed by atoms with Gasteiger partial charge in [0.25, 0.3) is 11.8 Å². The van der Waals surface area contributed by atoms with E-state index in [2.05, 4.69) is 34.5 Å². The van der Waals surface area contributed by atoms with Gasteiger partial charge in [-0.25, -0.2) is 0 Å². The molecule has 2 bridgehead atoms. The fourth-order valence-electron chi connectivity index (χ4n) is 6.16. The zero-order valence-corrected chi connectivity index (χ0v) is 16.4. The van der Waals surface area contributed by atoms with E-state index in [1.165, 1.54) is 6.42 Å². The molecule has 3 fully saturated rings. The smallest absolute Gasteiger partial charge is 0.254 e. The molecule has 1 aromatic heterocycles. The molecule has 6 atom stereocenters. The van der Waals surface area contributed by atoms with Gasteiger partial charge in [0.15, 0.2) is 0 Å². The fourth-order valence-corrected chi connectivity index (χ4v) is 6.16. The number of imide groups is 1. The van der Waals surface area contributed by atoms with Crippen LogP contribution in [0, 0.1) is 42.4 Å². The molecule has 0 spiro atoms. The Labute approximate surface area is 169 Å². The predicted octanol–water partition coefficient (Wildman–Crippen LogP) is 3.52. The highest BCUT2D eigenvalue weighted by atomic mass is 16.2. The second-order valence-corrected chi connectivity index (χ2v) is 8.80. The zero-order valence-electron chi connectivity index (χ0n) is 16.4. The molecule has 4 aliphatic carbocycles. The van der Waals surface area contributed by atoms with Crippen molar-refractivity contribution in [2.24, 2.45) is 40.6 Å². The molecule has 2 amide bonds. The number of carbonyl (C=O) groups excluding carboxylic acids is 2. The number of benzene rings is 1. The van der Waals surface area contributed by atoms with E-state index in [4.69, 9.17) is 0 Å². The number of aromatic nitrogens is 1. The highest BCUT2D eigenvalue weighted by Crippen LogP contribution is 2.65. The second-order valence-electron chi connectivity index (χ2n) is 8.80. The Morgan fingerprint density at radius 1 is 1.10 bits per heavy atom. The molecule has 7 rings (SSSR count). The Kier molecular flexibility index (Phi) is 3.38. The van der Waals surface area contributed by atoms with Crippen LogP contribution >= 0.6 is 0 Å². The Bertz CT molecular complexity index is 1100. The molecule has 6 unspecified atom stereocenters. The van der Waals surface area contributed by atoms with Gasteiger partial charge in [0, 0.05) is 28.7 Å². The topological polar surface area (TPSA) is 54.7 Å². The average Bonchev–Trinajstić information content (AvgIpc) is 3.47. The normalized spacial score (nSPS) is 34.3. The lowest BCUT2D eigenvalue weighted by atomic mass is 9.63. The van der Waals surface area contributed by atoms with Gasteiger partial charge in [0.1, 0.15) is 0 Å². The van der Waals surface area contributed by atoms with Crippen LogP contribution in [0.3, 0.4) is 0 Å². The predicted molar refractivity (Wildman–Crippen MR) is 111 cm³/mol. The lowest BCUT2D eigenvalue weighted by molar-refractivity contribution is -0.140. The lowest BCUT2D eigenvalue weighted by Crippen LogP contribution is -2.40. The standard InChI is InChI=1S/C24H23N3O2/c1-3-10-26-13(2)19(14-6-4-5-7-20(14)26)12-25-27-23(28)21-15-8-9-16(18-11-17(15)18)22(21)24(27)29/h3-9,12,15-18,21-22H,1,10-11H2,2H3/b25-12+. The summed E-state index contributed by atoms with van der Waals surface area (Å²) in [4.78, 5) is 26.2. The van der Waals surface area contributed by atoms with Crippen LogP contribution in [0.5, 0.6) is 0 Å². The van der Waals surface area contributed by atoms with Gasteiger partial charge in [-0.05, 0) is 43.1 Å². The number of rotatable bonds is 4. The van der Waals surface area contributed by atoms with Gasteiger partial charge in [-0.15, -0.1) is 6.58 Å². The maximum absolute atomic E-state index is 13.1. The number of hydrogen-bond acceptors (Lipinski definition) is 3. The summed E-state index contributed by atoms with van der Waals surface area (Å²) in [7, 11) is 0. The van der Waals surface area contributed by atoms with E-state index >= 15 is 0 Å². The molecule has 1 aliphatic heterocycles. The van der Waals surface area contributed by atoms with Crippen molar-refractivity contribution in [2.45, 2.75) is 19.9 Å². The van der Waals surface area contributed by atoms with Crippen LogP contribution in [0.25, 0.3) is 10.9 Å². The van der Waals surface area contributed by atoms with E-state index in [0.717, 1.165) is 27.2 Å². The molecular weight excluding hydrogens is 362 g/mol. The Morgan fingerprint density at radius 3 is 2.41 bits per heavy atom. The number of fused-ring (bicyclic) bond motifs is 1. The van der Waals surface area contributed by atoms with Crippen molar-refractivity contribution in [1.29, 1.82) is 0 Å². The van der Waals surface area contributed by atoms with Crippen LogP contribution in [0.4, 0.5) is 0 Å². The van der Waals surface area contributed by atoms with Gasteiger partial charge in [-0.2, -0.15) is 10.1 Å². The molecule has 1 aromatic carbocycles. The molecule has 2 saturated carbocycles. The van der Waals surface area contributed by atoms with Gasteiger partial charge >= 0.3 is 0 Å². The minimum absolute atomic E-state index is 0.117. The molecule has 1 saturated heterocycles. The van der Waals surface area contributed by atoms with Gasteiger partial charge in [0.05, 0.1) is 18.1 Å². The number of para-hydroxylation sites is 1. The van der Waals surface area contributed by atoms with Crippen molar-refractivity contribution in [2.75, 3.05) is 0 Å². The van der Waals surface area contributed by atoms with E-state index in [0.29, 0.717) is 18.4 Å². The number of amides is 2. The largest absolute Gasteiger partial charge is 0.340 e. The van der Waals surface area contributed by atoms with Crippen LogP contribution in [0.1, 0.15) is 17.7 Å². The van der Waals surface area contributed by atoms with Gasteiger partial charge in [0.2, 0.25) is 0 Å². The zero-order chi connectivity index (χ0) is 19.9. The Morgan fingerprint density at radius 2 is 1.76 bits per heavy atom. The second kappa shape index (κ2) is 5.78. The summed E-state index contributed by atoms with van der Waals surface area (Å²) < 4.78 is 2.18. The van der Waals surface area contributed by atoms with Crippen LogP contribution < -0.4 is 0 Å². The maximum Gasteiger partial charge on any atom is 0.254 e. The first-order valence-corrected chi connectivity index (χ1v) is 10.4. The maximum atomic E-state index is 13.1. The third kappa shape index (κ3) is 2.13. The molecule has 0 N–H and O–H groups in total. The molecule has 2 heterocycles. The summed E-state index contributed by atoms with van der Waals surface area (Å²) in [5.74, 6) is 1.01. The molecule has 29 heavy (non-hydrogen) atoms. The number of carbonyl (C=O) groups is 2. The monoisotopic (exact) mass is 385 g/mol. The molecular formula is C24H23N3O2. The number of hydrazone groups is 1. The number of nitrogens with zero attached hydrogens (tertiary/aromatic N) is 3. The van der Waals surface area contributed by atoms with Crippen molar-refractivity contribution >= 4 is 28.9 Å². The molecule has 0 radical (unpaired) electrons. The first-order valence-electron chi connectivity index (χ1n) is 10.4. The molecule has 146 valence electrons. The van der Waals surface area contributed by atoms with E-state index in [1.54, 1.807) is 6.21 Å². The lowest BCUT2D eigenvalue weighted by Gasteiger charge is -2.37. The van der Waals surface area contributed by atoms with Crippen LogP contribution in [-0.4, -0.2) is 27.6 Å². The molecule has 5 nitrogen and oxygen atoms in total. The summed E-state index contributed by atoms with van der Waals surface area (Å²) in [6.45, 7) is 6.59. The minimum atomic E-state index is -0.207. The molecule has 5 aliphatic rings. The average molecular weight is 385 g/mol. The summed E-state index contributed by atoms with van der Waals surface area (Å²) in [5.41, 5.74) is 3.10. The highest BCUT2D eigenvalue weighted by molar-refractivity contribution is 6.08. The third-order valence-corrected chi connectivity index (χ3v) is 7.53. The van der Waals surface area contributed by atoms with Gasteiger partial charge in [-0.3, -0.25) is 9.59 Å². The number of hydrogen-bond donors (Lipinski definition) is 0. The number of allylic oxidation sites excluding steroid dienone is 3. The first-order chi connectivity index (χ1) is 14.1. The van der Waals surface area contributed by atoms with Gasteiger partial charge < -0.3 is 4.57 Å². The van der Waals surface area contributed by atoms with Crippen molar-refractivity contribution < 1.29 is 9.59 Å². The van der Waals surface area contributed by atoms with Gasteiger partial charge in [-0.1, -0.05) is 36.4 Å². The van der Waals surface area contributed by atoms with Crippen LogP contribution in [-0.2, 0) is 16.1 Å². The van der Waals surface area contributed by atoms with Crippen molar-refractivity contribution in [3.63, 3.8) is 0 Å². The SMILES string of the molecule is C=CCn1c(C)c(/C=N/N2C(=O)C3C4C=CC(C5CC45)C3C2=O)c2ccccc21. The van der Waals surface area contributed by atoms with Crippen molar-refractivity contribution in [1.82, 2.24) is 9.58 Å². The van der Waals surface area contributed by atoms with E-state index in [1.807, 2.05) is 31.2 Å². The Hall–Kier alpha value is -2.95.